The predicted molar refractivity (Wildman–Crippen MR) is 155 cm³/mol. The van der Waals surface area contributed by atoms with Gasteiger partial charge in [-0.25, -0.2) is 0 Å². The number of carbonyl (C=O) groups is 2. The summed E-state index contributed by atoms with van der Waals surface area (Å²) in [5.74, 6) is -1.78. The molecular formula is C28H47NO22. The molecule has 4 saturated heterocycles. The summed E-state index contributed by atoms with van der Waals surface area (Å²) in [4.78, 5) is 24.5. The Hall–Kier alpha value is -1.82. The third-order valence-electron chi connectivity index (χ3n) is 8.87. The molecule has 4 heterocycles. The minimum Gasteiger partial charge on any atom is -0.454 e. The third kappa shape index (κ3) is 9.11. The van der Waals surface area contributed by atoms with Gasteiger partial charge in [-0.05, 0) is 0 Å². The van der Waals surface area contributed by atoms with E-state index in [1.54, 1.807) is 0 Å². The van der Waals surface area contributed by atoms with E-state index in [2.05, 4.69) is 5.32 Å². The summed E-state index contributed by atoms with van der Waals surface area (Å²) in [5, 5.41) is 126. The maximum atomic E-state index is 12.6. The topological polar surface area (TPSA) is 363 Å². The van der Waals surface area contributed by atoms with E-state index < -0.39 is 161 Å². The van der Waals surface area contributed by atoms with E-state index >= 15 is 0 Å². The number of carbonyl (C=O) groups excluding carboxylic acids is 2. The van der Waals surface area contributed by atoms with Gasteiger partial charge in [0.2, 0.25) is 5.91 Å². The zero-order valence-corrected chi connectivity index (χ0v) is 27.3. The lowest BCUT2D eigenvalue weighted by atomic mass is 9.94. The van der Waals surface area contributed by atoms with Crippen LogP contribution >= 0.6 is 0 Å². The van der Waals surface area contributed by atoms with E-state index in [1.807, 2.05) is 0 Å². The molecule has 13 N–H and O–H groups in total. The number of hydrogen-bond donors (Lipinski definition) is 13. The van der Waals surface area contributed by atoms with Crippen molar-refractivity contribution >= 4 is 11.9 Å². The Kier molecular flexibility index (Phi) is 14.8. The van der Waals surface area contributed by atoms with E-state index in [9.17, 15) is 70.9 Å². The number of rotatable bonds is 12. The predicted octanol–water partition coefficient (Wildman–Crippen LogP) is -9.03. The lowest BCUT2D eigenvalue weighted by molar-refractivity contribution is -0.395. The molecule has 0 spiro atoms. The summed E-state index contributed by atoms with van der Waals surface area (Å²) < 4.78 is 45.3. The molecule has 20 atom stereocenters. The summed E-state index contributed by atoms with van der Waals surface area (Å²) >= 11 is 0. The first-order valence-corrected chi connectivity index (χ1v) is 16.0. The smallest absolute Gasteiger partial charge is 0.303 e. The van der Waals surface area contributed by atoms with Crippen LogP contribution in [0.5, 0.6) is 0 Å². The first-order chi connectivity index (χ1) is 24.1. The number of aliphatic hydroxyl groups is 12. The van der Waals surface area contributed by atoms with Crippen molar-refractivity contribution in [2.75, 3.05) is 26.4 Å². The number of amides is 1. The zero-order valence-electron chi connectivity index (χ0n) is 27.3. The van der Waals surface area contributed by atoms with Gasteiger partial charge in [0, 0.05) is 13.8 Å². The van der Waals surface area contributed by atoms with Gasteiger partial charge in [0.25, 0.3) is 0 Å². The highest BCUT2D eigenvalue weighted by Crippen LogP contribution is 2.36. The van der Waals surface area contributed by atoms with Gasteiger partial charge in [-0.1, -0.05) is 0 Å². The van der Waals surface area contributed by atoms with Crippen molar-refractivity contribution in [3.63, 3.8) is 0 Å². The van der Waals surface area contributed by atoms with E-state index in [4.69, 9.17) is 37.9 Å². The zero-order chi connectivity index (χ0) is 37.9. The van der Waals surface area contributed by atoms with Gasteiger partial charge in [-0.15, -0.1) is 0 Å². The van der Waals surface area contributed by atoms with E-state index in [1.165, 1.54) is 0 Å². The van der Waals surface area contributed by atoms with Crippen LogP contribution in [0.4, 0.5) is 0 Å². The van der Waals surface area contributed by atoms with Crippen LogP contribution in [0.1, 0.15) is 13.8 Å². The molecule has 0 radical (unpaired) electrons. The van der Waals surface area contributed by atoms with Crippen molar-refractivity contribution in [3.05, 3.63) is 0 Å². The number of esters is 1. The van der Waals surface area contributed by atoms with Crippen molar-refractivity contribution in [2.24, 2.45) is 0 Å². The molecule has 0 unspecified atom stereocenters. The number of aliphatic hydroxyl groups excluding tert-OH is 12. The maximum Gasteiger partial charge on any atom is 0.303 e. The standard InChI is InChI=1S/C28H47NO22/c1-7(34)29-13-23(50-26-20(42)17(39)14(36)9(3-30)45-26)22(49-28-24(44-8(2)35)19(41)16(38)11(5-32)47-28)12(6-33)48-25(13)51-27-21(43)18(40)15(37)10(4-31)46-27/h9-28,30-33,36-43H,3-6H2,1-2H3,(H,29,34)/t9-,10-,11-,12-,13-,14+,15-,16-,17+,18+,19+,20-,21-,22+,23-,24-,25+,26+,27+,28+/m1/s1. The van der Waals surface area contributed by atoms with Crippen LogP contribution in [0, 0.1) is 0 Å². The molecule has 4 fully saturated rings. The average molecular weight is 750 g/mol. The molecule has 4 aliphatic heterocycles. The van der Waals surface area contributed by atoms with Crippen LogP contribution in [-0.2, 0) is 47.5 Å². The summed E-state index contributed by atoms with van der Waals surface area (Å²) in [5.41, 5.74) is 0. The quantitative estimate of drug-likeness (QED) is 0.0824. The summed E-state index contributed by atoms with van der Waals surface area (Å²) in [6.45, 7) is -1.58. The number of ether oxygens (including phenoxy) is 8. The molecule has 0 saturated carbocycles. The lowest BCUT2D eigenvalue weighted by Gasteiger charge is -2.51. The Morgan fingerprint density at radius 3 is 1.35 bits per heavy atom. The van der Waals surface area contributed by atoms with Crippen LogP contribution in [0.15, 0.2) is 0 Å². The van der Waals surface area contributed by atoms with Crippen molar-refractivity contribution in [1.29, 1.82) is 0 Å². The fourth-order valence-electron chi connectivity index (χ4n) is 6.17. The Morgan fingerprint density at radius 1 is 0.490 bits per heavy atom. The molecule has 296 valence electrons. The van der Waals surface area contributed by atoms with Gasteiger partial charge in [-0.3, -0.25) is 9.59 Å². The second-order valence-electron chi connectivity index (χ2n) is 12.5. The van der Waals surface area contributed by atoms with Crippen LogP contribution in [-0.4, -0.2) is 222 Å². The first kappa shape index (κ1) is 41.9. The Labute approximate surface area is 289 Å². The van der Waals surface area contributed by atoms with E-state index in [-0.39, 0.29) is 0 Å². The highest BCUT2D eigenvalue weighted by molar-refractivity contribution is 5.73. The molecule has 23 heteroatoms. The van der Waals surface area contributed by atoms with Crippen LogP contribution in [0.3, 0.4) is 0 Å². The monoisotopic (exact) mass is 749 g/mol. The van der Waals surface area contributed by atoms with Crippen LogP contribution in [0.2, 0.25) is 0 Å². The third-order valence-corrected chi connectivity index (χ3v) is 8.87. The molecule has 1 amide bonds. The fraction of sp³-hybridized carbons (Fsp3) is 0.929. The first-order valence-electron chi connectivity index (χ1n) is 16.0. The summed E-state index contributed by atoms with van der Waals surface area (Å²) in [6, 6.07) is -1.69. The average Bonchev–Trinajstić information content (AvgIpc) is 3.09. The molecular weight excluding hydrogens is 702 g/mol. The fourth-order valence-corrected chi connectivity index (χ4v) is 6.17. The molecule has 23 nitrogen and oxygen atoms in total. The van der Waals surface area contributed by atoms with Gasteiger partial charge in [0.1, 0.15) is 91.5 Å². The van der Waals surface area contributed by atoms with Crippen molar-refractivity contribution in [1.82, 2.24) is 5.32 Å². The minimum atomic E-state index is -2.04. The molecule has 0 aromatic carbocycles. The Bertz CT molecular complexity index is 1130. The number of nitrogens with one attached hydrogen (secondary N) is 1. The van der Waals surface area contributed by atoms with Gasteiger partial charge in [-0.2, -0.15) is 0 Å². The van der Waals surface area contributed by atoms with E-state index in [0.717, 1.165) is 13.8 Å². The number of hydrogen-bond acceptors (Lipinski definition) is 22. The van der Waals surface area contributed by atoms with Crippen molar-refractivity contribution in [2.45, 2.75) is 137 Å². The summed E-state index contributed by atoms with van der Waals surface area (Å²) in [7, 11) is 0. The minimum absolute atomic E-state index is 0.805. The van der Waals surface area contributed by atoms with Crippen molar-refractivity contribution < 1.29 is 109 Å². The highest BCUT2D eigenvalue weighted by atomic mass is 16.8. The molecule has 51 heavy (non-hydrogen) atoms. The molecule has 4 rings (SSSR count). The highest BCUT2D eigenvalue weighted by Gasteiger charge is 2.57. The maximum absolute atomic E-state index is 12.6. The SMILES string of the molecule is CC(=O)N[C@H]1[C@H](O[C@@H]2O[C@H](CO)[C@@H](O)[C@H](O)[C@H]2O)O[C@H](CO)[C@H](O[C@@H]2O[C@H](CO)[C@@H](O)[C@H](O)[C@H]2OC(C)=O)[C@@H]1O[C@@H]1O[C@H](CO)[C@H](O)[C@H](O)[C@H]1O. The molecule has 0 bridgehead atoms. The van der Waals surface area contributed by atoms with Crippen molar-refractivity contribution in [3.8, 4) is 0 Å². The Balaban J connectivity index is 1.76. The van der Waals surface area contributed by atoms with Crippen LogP contribution in [0.25, 0.3) is 0 Å². The van der Waals surface area contributed by atoms with Gasteiger partial charge in [0.05, 0.1) is 26.4 Å². The van der Waals surface area contributed by atoms with Crippen LogP contribution < -0.4 is 5.32 Å². The molecule has 0 aliphatic carbocycles. The molecule has 0 aromatic heterocycles. The summed E-state index contributed by atoms with van der Waals surface area (Å²) in [6.07, 6.45) is -34.3. The normalized spacial score (nSPS) is 47.8. The second kappa shape index (κ2) is 18.0. The van der Waals surface area contributed by atoms with Gasteiger partial charge >= 0.3 is 5.97 Å². The second-order valence-corrected chi connectivity index (χ2v) is 12.5. The molecule has 0 aromatic rings. The van der Waals surface area contributed by atoms with E-state index in [0.29, 0.717) is 0 Å². The largest absolute Gasteiger partial charge is 0.454 e. The van der Waals surface area contributed by atoms with Gasteiger partial charge < -0.3 is 104 Å². The molecule has 4 aliphatic rings. The lowest BCUT2D eigenvalue weighted by Crippen LogP contribution is -2.71. The van der Waals surface area contributed by atoms with Gasteiger partial charge in [0.15, 0.2) is 31.3 Å². The Morgan fingerprint density at radius 2 is 0.902 bits per heavy atom.